The molecule has 2 atom stereocenters. The second-order valence-electron chi connectivity index (χ2n) is 4.78. The monoisotopic (exact) mass is 272 g/mol. The Morgan fingerprint density at radius 3 is 2.61 bits per heavy atom. The van der Waals surface area contributed by atoms with Crippen LogP contribution in [0.1, 0.15) is 18.0 Å². The average molecular weight is 273 g/mol. The van der Waals surface area contributed by atoms with E-state index in [-0.39, 0.29) is 28.3 Å². The molecule has 0 amide bonds. The first-order valence-electron chi connectivity index (χ1n) is 5.79. The van der Waals surface area contributed by atoms with Crippen LogP contribution in [0.3, 0.4) is 0 Å². The topological polar surface area (TPSA) is 90.0 Å². The lowest BCUT2D eigenvalue weighted by molar-refractivity contribution is 0.300. The normalized spacial score (nSPS) is 24.6. The summed E-state index contributed by atoms with van der Waals surface area (Å²) in [6, 6.07) is 0.889. The Morgan fingerprint density at radius 2 is 2.06 bits per heavy atom. The van der Waals surface area contributed by atoms with Gasteiger partial charge in [0.15, 0.2) is 11.5 Å². The van der Waals surface area contributed by atoms with Crippen molar-refractivity contribution in [3.05, 3.63) is 16.7 Å². The molecule has 6 heteroatoms. The highest BCUT2D eigenvalue weighted by molar-refractivity contribution is 6.33. The number of aromatic hydroxyl groups is 3. The van der Waals surface area contributed by atoms with Crippen LogP contribution in [0.2, 0.25) is 5.02 Å². The average Bonchev–Trinajstić information content (AvgIpc) is 2.69. The fourth-order valence-corrected chi connectivity index (χ4v) is 2.83. The maximum atomic E-state index is 9.94. The Labute approximate surface area is 110 Å². The van der Waals surface area contributed by atoms with Gasteiger partial charge in [-0.3, -0.25) is 4.90 Å². The summed E-state index contributed by atoms with van der Waals surface area (Å²) in [4.78, 5) is 2.01. The van der Waals surface area contributed by atoms with Crippen LogP contribution in [0.4, 0.5) is 0 Å². The lowest BCUT2D eigenvalue weighted by Gasteiger charge is -2.22. The molecule has 5 nitrogen and oxygen atoms in total. The van der Waals surface area contributed by atoms with E-state index in [1.54, 1.807) is 0 Å². The molecular formula is C12H17ClN2O3. The minimum atomic E-state index is -0.364. The summed E-state index contributed by atoms with van der Waals surface area (Å²) >= 11 is 6.03. The molecule has 1 aliphatic rings. The maximum Gasteiger partial charge on any atom is 0.164 e. The van der Waals surface area contributed by atoms with E-state index in [1.807, 2.05) is 11.9 Å². The van der Waals surface area contributed by atoms with Crippen molar-refractivity contribution < 1.29 is 15.3 Å². The second-order valence-corrected chi connectivity index (χ2v) is 5.16. The van der Waals surface area contributed by atoms with Crippen molar-refractivity contribution in [3.63, 3.8) is 0 Å². The Balaban J connectivity index is 2.45. The van der Waals surface area contributed by atoms with Crippen LogP contribution in [0.15, 0.2) is 6.07 Å². The molecule has 0 saturated carbocycles. The zero-order valence-electron chi connectivity index (χ0n) is 10.1. The molecule has 0 aliphatic carbocycles. The number of hydrogen-bond acceptors (Lipinski definition) is 5. The van der Waals surface area contributed by atoms with E-state index in [4.69, 9.17) is 17.3 Å². The van der Waals surface area contributed by atoms with Crippen molar-refractivity contribution >= 4 is 11.6 Å². The Morgan fingerprint density at radius 1 is 1.39 bits per heavy atom. The molecule has 1 saturated heterocycles. The summed E-state index contributed by atoms with van der Waals surface area (Å²) in [5, 5.41) is 29.2. The van der Waals surface area contributed by atoms with Crippen LogP contribution in [0.5, 0.6) is 17.2 Å². The second kappa shape index (κ2) is 4.84. The third kappa shape index (κ3) is 2.09. The lowest BCUT2D eigenvalue weighted by atomic mass is 9.98. The molecule has 0 radical (unpaired) electrons. The number of likely N-dealkylation sites (tertiary alicyclic amines) is 1. The minimum Gasteiger partial charge on any atom is -0.506 e. The van der Waals surface area contributed by atoms with E-state index in [1.165, 1.54) is 0 Å². The van der Waals surface area contributed by atoms with Gasteiger partial charge < -0.3 is 21.1 Å². The van der Waals surface area contributed by atoms with E-state index < -0.39 is 0 Å². The van der Waals surface area contributed by atoms with Gasteiger partial charge in [-0.2, -0.15) is 0 Å². The van der Waals surface area contributed by atoms with Crippen molar-refractivity contribution in [1.82, 2.24) is 4.90 Å². The highest BCUT2D eigenvalue weighted by Crippen LogP contribution is 2.48. The highest BCUT2D eigenvalue weighted by Gasteiger charge is 2.34. The predicted molar refractivity (Wildman–Crippen MR) is 69.0 cm³/mol. The third-order valence-electron chi connectivity index (χ3n) is 3.53. The number of phenolic OH excluding ortho intramolecular Hbond substituents is 3. The Bertz CT molecular complexity index is 441. The molecule has 100 valence electrons. The summed E-state index contributed by atoms with van der Waals surface area (Å²) in [6.07, 6.45) is 0.739. The maximum absolute atomic E-state index is 9.94. The lowest BCUT2D eigenvalue weighted by Crippen LogP contribution is -2.20. The van der Waals surface area contributed by atoms with E-state index in [0.29, 0.717) is 18.0 Å². The van der Waals surface area contributed by atoms with Crippen LogP contribution in [-0.2, 0) is 0 Å². The van der Waals surface area contributed by atoms with Gasteiger partial charge in [0, 0.05) is 24.2 Å². The smallest absolute Gasteiger partial charge is 0.164 e. The zero-order valence-corrected chi connectivity index (χ0v) is 10.9. The Hall–Kier alpha value is -1.17. The van der Waals surface area contributed by atoms with Crippen LogP contribution in [0.25, 0.3) is 0 Å². The van der Waals surface area contributed by atoms with Gasteiger partial charge in [-0.05, 0) is 25.9 Å². The number of nitrogens with zero attached hydrogens (tertiary/aromatic N) is 1. The molecule has 1 aromatic carbocycles. The first kappa shape index (κ1) is 13.3. The highest BCUT2D eigenvalue weighted by atomic mass is 35.5. The first-order chi connectivity index (χ1) is 8.45. The van der Waals surface area contributed by atoms with E-state index in [0.717, 1.165) is 19.0 Å². The predicted octanol–water partition coefficient (Wildman–Crippen LogP) is 1.41. The van der Waals surface area contributed by atoms with Crippen molar-refractivity contribution in [3.8, 4) is 17.2 Å². The minimum absolute atomic E-state index is 0.0832. The van der Waals surface area contributed by atoms with Gasteiger partial charge in [0.2, 0.25) is 0 Å². The molecule has 0 spiro atoms. The summed E-state index contributed by atoms with van der Waals surface area (Å²) in [6.45, 7) is 1.36. The van der Waals surface area contributed by atoms with Gasteiger partial charge in [-0.25, -0.2) is 0 Å². The van der Waals surface area contributed by atoms with E-state index in [9.17, 15) is 15.3 Å². The largest absolute Gasteiger partial charge is 0.506 e. The van der Waals surface area contributed by atoms with Crippen molar-refractivity contribution in [2.24, 2.45) is 11.7 Å². The molecule has 1 aliphatic heterocycles. The van der Waals surface area contributed by atoms with Crippen LogP contribution in [0, 0.1) is 5.92 Å². The molecule has 0 bridgehead atoms. The van der Waals surface area contributed by atoms with E-state index >= 15 is 0 Å². The van der Waals surface area contributed by atoms with Crippen molar-refractivity contribution in [1.29, 1.82) is 0 Å². The number of halogens is 1. The molecule has 0 aromatic heterocycles. The van der Waals surface area contributed by atoms with E-state index in [2.05, 4.69) is 0 Å². The van der Waals surface area contributed by atoms with Gasteiger partial charge >= 0.3 is 0 Å². The molecule has 2 rings (SSSR count). The van der Waals surface area contributed by atoms with Crippen molar-refractivity contribution in [2.45, 2.75) is 12.5 Å². The molecule has 1 heterocycles. The quantitative estimate of drug-likeness (QED) is 0.483. The summed E-state index contributed by atoms with van der Waals surface area (Å²) in [5.41, 5.74) is 6.02. The molecule has 1 aromatic rings. The molecule has 18 heavy (non-hydrogen) atoms. The van der Waals surface area contributed by atoms with Gasteiger partial charge in [0.05, 0.1) is 5.02 Å². The SMILES string of the molecule is CN1CC(CN)CC1c1c(O)c(O)cc(O)c1Cl. The van der Waals surface area contributed by atoms with Gasteiger partial charge in [0.25, 0.3) is 0 Å². The summed E-state index contributed by atoms with van der Waals surface area (Å²) in [5.74, 6) is -0.546. The summed E-state index contributed by atoms with van der Waals surface area (Å²) in [7, 11) is 1.90. The number of hydrogen-bond donors (Lipinski definition) is 4. The molecule has 2 unspecified atom stereocenters. The summed E-state index contributed by atoms with van der Waals surface area (Å²) < 4.78 is 0. The molecular weight excluding hydrogens is 256 g/mol. The molecule has 1 fully saturated rings. The van der Waals surface area contributed by atoms with Crippen molar-refractivity contribution in [2.75, 3.05) is 20.1 Å². The number of benzene rings is 1. The standard InChI is InChI=1S/C12H17ClN2O3/c1-15-5-6(4-14)2-7(15)10-11(13)8(16)3-9(17)12(10)18/h3,6-7,16-18H,2,4-5,14H2,1H3. The third-order valence-corrected chi connectivity index (χ3v) is 3.93. The van der Waals surface area contributed by atoms with Gasteiger partial charge in [-0.1, -0.05) is 11.6 Å². The van der Waals surface area contributed by atoms with Gasteiger partial charge in [-0.15, -0.1) is 0 Å². The van der Waals surface area contributed by atoms with Crippen LogP contribution < -0.4 is 5.73 Å². The fraction of sp³-hybridized carbons (Fsp3) is 0.500. The number of rotatable bonds is 2. The zero-order chi connectivity index (χ0) is 13.4. The van der Waals surface area contributed by atoms with Crippen LogP contribution >= 0.6 is 11.6 Å². The number of nitrogens with two attached hydrogens (primary N) is 1. The molecule has 5 N–H and O–H groups in total. The van der Waals surface area contributed by atoms with Gasteiger partial charge in [0.1, 0.15) is 5.75 Å². The van der Waals surface area contributed by atoms with Crippen LogP contribution in [-0.4, -0.2) is 40.4 Å². The number of phenols is 3. The first-order valence-corrected chi connectivity index (χ1v) is 6.17. The fourth-order valence-electron chi connectivity index (χ4n) is 2.56. The Kier molecular flexibility index (Phi) is 3.56.